The number of urea groups is 1. The Bertz CT molecular complexity index is 1070. The minimum Gasteiger partial charge on any atom is -0.493 e. The molecule has 1 fully saturated rings. The average molecular weight is 489 g/mol. The van der Waals surface area contributed by atoms with Gasteiger partial charge in [-0.2, -0.15) is 0 Å². The standard InChI is InChI=1S/C22H21BrN2O6/c1-13-5-4-6-14(7-13)11-25-21(27)17(24-22(25)28)8-15-9-18(29-2)19(10-16(15)23)31-12-20(26)30-3/h4-10H,11-12H2,1-3H3,(H,24,28)/b17-8+. The van der Waals surface area contributed by atoms with Crippen molar-refractivity contribution in [3.8, 4) is 11.5 Å². The van der Waals surface area contributed by atoms with Gasteiger partial charge < -0.3 is 19.5 Å². The molecule has 3 amide bonds. The van der Waals surface area contributed by atoms with Crippen molar-refractivity contribution in [2.45, 2.75) is 13.5 Å². The van der Waals surface area contributed by atoms with E-state index >= 15 is 0 Å². The summed E-state index contributed by atoms with van der Waals surface area (Å²) in [4.78, 5) is 37.6. The molecule has 3 rings (SSSR count). The van der Waals surface area contributed by atoms with Crippen LogP contribution in [0, 0.1) is 6.92 Å². The smallest absolute Gasteiger partial charge is 0.343 e. The van der Waals surface area contributed by atoms with Gasteiger partial charge in [0, 0.05) is 4.47 Å². The molecule has 8 nitrogen and oxygen atoms in total. The van der Waals surface area contributed by atoms with E-state index in [2.05, 4.69) is 26.0 Å². The van der Waals surface area contributed by atoms with Crippen molar-refractivity contribution in [2.75, 3.05) is 20.8 Å². The average Bonchev–Trinajstić information content (AvgIpc) is 3.00. The molecular formula is C22H21BrN2O6. The molecular weight excluding hydrogens is 468 g/mol. The van der Waals surface area contributed by atoms with E-state index in [0.29, 0.717) is 21.5 Å². The molecule has 0 atom stereocenters. The van der Waals surface area contributed by atoms with Crippen LogP contribution in [-0.2, 0) is 20.9 Å². The molecule has 31 heavy (non-hydrogen) atoms. The number of amides is 3. The van der Waals surface area contributed by atoms with E-state index in [0.717, 1.165) is 16.0 Å². The molecule has 0 bridgehead atoms. The molecule has 0 spiro atoms. The van der Waals surface area contributed by atoms with E-state index in [1.807, 2.05) is 31.2 Å². The summed E-state index contributed by atoms with van der Waals surface area (Å²) < 4.78 is 15.9. The van der Waals surface area contributed by atoms with E-state index in [-0.39, 0.29) is 18.8 Å². The zero-order valence-corrected chi connectivity index (χ0v) is 18.8. The van der Waals surface area contributed by atoms with Crippen LogP contribution in [0.3, 0.4) is 0 Å². The number of carbonyl (C=O) groups excluding carboxylic acids is 3. The Labute approximate surface area is 187 Å². The zero-order chi connectivity index (χ0) is 22.5. The summed E-state index contributed by atoms with van der Waals surface area (Å²) in [7, 11) is 2.72. The third kappa shape index (κ3) is 5.24. The molecule has 1 heterocycles. The lowest BCUT2D eigenvalue weighted by Crippen LogP contribution is -2.30. The number of esters is 1. The third-order valence-electron chi connectivity index (χ3n) is 4.54. The molecule has 1 aliphatic rings. The van der Waals surface area contributed by atoms with E-state index in [9.17, 15) is 14.4 Å². The summed E-state index contributed by atoms with van der Waals surface area (Å²) in [5, 5.41) is 2.61. The number of aryl methyl sites for hydroxylation is 1. The van der Waals surface area contributed by atoms with Crippen molar-refractivity contribution < 1.29 is 28.6 Å². The second-order valence-electron chi connectivity index (χ2n) is 6.76. The highest BCUT2D eigenvalue weighted by atomic mass is 79.9. The molecule has 1 saturated heterocycles. The minimum absolute atomic E-state index is 0.142. The number of nitrogens with zero attached hydrogens (tertiary/aromatic N) is 1. The first-order chi connectivity index (χ1) is 14.8. The van der Waals surface area contributed by atoms with Crippen LogP contribution >= 0.6 is 15.9 Å². The van der Waals surface area contributed by atoms with Crippen LogP contribution in [-0.4, -0.2) is 43.6 Å². The van der Waals surface area contributed by atoms with Gasteiger partial charge >= 0.3 is 12.0 Å². The SMILES string of the molecule is COC(=O)COc1cc(Br)c(/C=C2/NC(=O)N(Cc3cccc(C)c3)C2=O)cc1OC. The van der Waals surface area contributed by atoms with Crippen LogP contribution in [0.1, 0.15) is 16.7 Å². The van der Waals surface area contributed by atoms with Gasteiger partial charge in [0.05, 0.1) is 20.8 Å². The second kappa shape index (κ2) is 9.65. The predicted molar refractivity (Wildman–Crippen MR) is 116 cm³/mol. The Morgan fingerprint density at radius 3 is 2.61 bits per heavy atom. The van der Waals surface area contributed by atoms with Crippen LogP contribution in [0.25, 0.3) is 6.08 Å². The lowest BCUT2D eigenvalue weighted by atomic mass is 10.1. The Morgan fingerprint density at radius 2 is 1.94 bits per heavy atom. The number of imide groups is 1. The second-order valence-corrected chi connectivity index (χ2v) is 7.61. The van der Waals surface area contributed by atoms with Crippen LogP contribution in [0.15, 0.2) is 46.6 Å². The fourth-order valence-corrected chi connectivity index (χ4v) is 3.43. The van der Waals surface area contributed by atoms with E-state index in [4.69, 9.17) is 9.47 Å². The van der Waals surface area contributed by atoms with Crippen LogP contribution < -0.4 is 14.8 Å². The van der Waals surface area contributed by atoms with E-state index < -0.39 is 17.9 Å². The van der Waals surface area contributed by atoms with Gasteiger partial charge in [-0.15, -0.1) is 0 Å². The summed E-state index contributed by atoms with van der Waals surface area (Å²) in [5.41, 5.74) is 2.64. The molecule has 0 aromatic heterocycles. The first-order valence-electron chi connectivity index (χ1n) is 9.29. The van der Waals surface area contributed by atoms with Gasteiger partial charge in [0.1, 0.15) is 5.70 Å². The Balaban J connectivity index is 1.83. The molecule has 9 heteroatoms. The molecule has 2 aromatic carbocycles. The number of carbonyl (C=O) groups is 3. The quantitative estimate of drug-likeness (QED) is 0.364. The topological polar surface area (TPSA) is 94.2 Å². The summed E-state index contributed by atoms with van der Waals surface area (Å²) in [6, 6.07) is 10.4. The van der Waals surface area contributed by atoms with Gasteiger partial charge in [0.15, 0.2) is 18.1 Å². The largest absolute Gasteiger partial charge is 0.493 e. The lowest BCUT2D eigenvalue weighted by Gasteiger charge is -2.13. The maximum absolute atomic E-state index is 12.8. The number of ether oxygens (including phenoxy) is 3. The molecule has 1 N–H and O–H groups in total. The monoisotopic (exact) mass is 488 g/mol. The molecule has 0 saturated carbocycles. The van der Waals surface area contributed by atoms with Gasteiger partial charge in [-0.1, -0.05) is 45.8 Å². The molecule has 0 radical (unpaired) electrons. The summed E-state index contributed by atoms with van der Waals surface area (Å²) in [5.74, 6) is -0.280. The molecule has 1 aliphatic heterocycles. The molecule has 162 valence electrons. The summed E-state index contributed by atoms with van der Waals surface area (Å²) >= 11 is 3.42. The minimum atomic E-state index is -0.530. The lowest BCUT2D eigenvalue weighted by molar-refractivity contribution is -0.142. The third-order valence-corrected chi connectivity index (χ3v) is 5.23. The number of hydrogen-bond acceptors (Lipinski definition) is 6. The van der Waals surface area contributed by atoms with Crippen molar-refractivity contribution in [1.29, 1.82) is 0 Å². The van der Waals surface area contributed by atoms with Crippen molar-refractivity contribution in [2.24, 2.45) is 0 Å². The highest BCUT2D eigenvalue weighted by Gasteiger charge is 2.33. The predicted octanol–water partition coefficient (Wildman–Crippen LogP) is 3.41. The molecule has 2 aromatic rings. The summed E-state index contributed by atoms with van der Waals surface area (Å²) in [6.45, 7) is 1.85. The van der Waals surface area contributed by atoms with Gasteiger partial charge in [0.25, 0.3) is 5.91 Å². The van der Waals surface area contributed by atoms with Crippen molar-refractivity contribution in [3.05, 3.63) is 63.3 Å². The highest BCUT2D eigenvalue weighted by molar-refractivity contribution is 9.10. The number of hydrogen-bond donors (Lipinski definition) is 1. The number of methoxy groups -OCH3 is 2. The normalized spacial score (nSPS) is 14.6. The maximum atomic E-state index is 12.8. The van der Waals surface area contributed by atoms with Crippen LogP contribution in [0.4, 0.5) is 4.79 Å². The van der Waals surface area contributed by atoms with Gasteiger partial charge in [-0.3, -0.25) is 9.69 Å². The number of halogens is 1. The number of nitrogens with one attached hydrogen (secondary N) is 1. The Morgan fingerprint density at radius 1 is 1.16 bits per heavy atom. The Hall–Kier alpha value is -3.33. The van der Waals surface area contributed by atoms with Crippen molar-refractivity contribution in [3.63, 3.8) is 0 Å². The van der Waals surface area contributed by atoms with Gasteiger partial charge in [-0.25, -0.2) is 9.59 Å². The zero-order valence-electron chi connectivity index (χ0n) is 17.2. The fourth-order valence-electron chi connectivity index (χ4n) is 2.99. The maximum Gasteiger partial charge on any atom is 0.343 e. The van der Waals surface area contributed by atoms with Crippen molar-refractivity contribution >= 4 is 39.9 Å². The molecule has 0 aliphatic carbocycles. The van der Waals surface area contributed by atoms with Crippen molar-refractivity contribution in [1.82, 2.24) is 10.2 Å². The van der Waals surface area contributed by atoms with Gasteiger partial charge in [0.2, 0.25) is 0 Å². The number of benzene rings is 2. The first kappa shape index (κ1) is 22.4. The first-order valence-corrected chi connectivity index (χ1v) is 10.1. The molecule has 0 unspecified atom stereocenters. The summed E-state index contributed by atoms with van der Waals surface area (Å²) in [6.07, 6.45) is 1.55. The van der Waals surface area contributed by atoms with E-state index in [1.54, 1.807) is 18.2 Å². The van der Waals surface area contributed by atoms with E-state index in [1.165, 1.54) is 14.2 Å². The fraction of sp³-hybridized carbons (Fsp3) is 0.227. The van der Waals surface area contributed by atoms with Crippen LogP contribution in [0.5, 0.6) is 11.5 Å². The highest BCUT2D eigenvalue weighted by Crippen LogP contribution is 2.35. The number of rotatable bonds is 7. The Kier molecular flexibility index (Phi) is 6.96. The van der Waals surface area contributed by atoms with Crippen LogP contribution in [0.2, 0.25) is 0 Å². The van der Waals surface area contributed by atoms with Gasteiger partial charge in [-0.05, 0) is 36.3 Å².